The predicted molar refractivity (Wildman–Crippen MR) is 87.4 cm³/mol. The first-order chi connectivity index (χ1) is 11.6. The van der Waals surface area contributed by atoms with Crippen molar-refractivity contribution in [1.82, 2.24) is 25.1 Å². The van der Waals surface area contributed by atoms with E-state index in [1.807, 2.05) is 0 Å². The Hall–Kier alpha value is -3.42. The molecular weight excluding hydrogens is 310 g/mol. The van der Waals surface area contributed by atoms with Gasteiger partial charge in [-0.15, -0.1) is 0 Å². The molecule has 0 aromatic carbocycles. The van der Waals surface area contributed by atoms with Crippen LogP contribution in [0.15, 0.2) is 47.5 Å². The number of pyridine rings is 2. The first-order valence-electron chi connectivity index (χ1n) is 7.14. The highest BCUT2D eigenvalue weighted by molar-refractivity contribution is 5.93. The van der Waals surface area contributed by atoms with Gasteiger partial charge in [-0.05, 0) is 24.3 Å². The third kappa shape index (κ3) is 2.76. The second-order valence-corrected chi connectivity index (χ2v) is 4.89. The topological polar surface area (TPSA) is 102 Å². The lowest BCUT2D eigenvalue weighted by atomic mass is 10.2. The first-order valence-corrected chi connectivity index (χ1v) is 7.14. The van der Waals surface area contributed by atoms with Crippen LogP contribution in [0, 0.1) is 0 Å². The summed E-state index contributed by atoms with van der Waals surface area (Å²) in [5, 5.41) is 5.49. The second kappa shape index (κ2) is 6.37. The summed E-state index contributed by atoms with van der Waals surface area (Å²) in [5.74, 6) is 0.546. The number of ether oxygens (including phenoxy) is 1. The molecule has 0 aliphatic carbocycles. The lowest BCUT2D eigenvalue weighted by Gasteiger charge is -2.05. The molecule has 0 bridgehead atoms. The third-order valence-electron chi connectivity index (χ3n) is 3.44. The van der Waals surface area contributed by atoms with Crippen LogP contribution in [0.2, 0.25) is 0 Å². The smallest absolute Gasteiger partial charge is 0.273 e. The molecule has 3 rings (SSSR count). The molecule has 3 aromatic heterocycles. The van der Waals surface area contributed by atoms with E-state index in [9.17, 15) is 9.59 Å². The van der Waals surface area contributed by atoms with Crippen molar-refractivity contribution in [3.63, 3.8) is 0 Å². The molecule has 0 fully saturated rings. The third-order valence-corrected chi connectivity index (χ3v) is 3.44. The lowest BCUT2D eigenvalue weighted by Crippen LogP contribution is -2.19. The van der Waals surface area contributed by atoms with E-state index in [1.165, 1.54) is 24.1 Å². The Labute approximate surface area is 137 Å². The number of methoxy groups -OCH3 is 1. The monoisotopic (exact) mass is 325 g/mol. The highest BCUT2D eigenvalue weighted by Crippen LogP contribution is 2.25. The Morgan fingerprint density at radius 1 is 1.29 bits per heavy atom. The number of hydrogen-bond donors (Lipinski definition) is 2. The molecule has 0 unspecified atom stereocenters. The molecule has 0 spiro atoms. The molecule has 3 heterocycles. The fourth-order valence-corrected chi connectivity index (χ4v) is 2.26. The van der Waals surface area contributed by atoms with Gasteiger partial charge in [0.1, 0.15) is 0 Å². The summed E-state index contributed by atoms with van der Waals surface area (Å²) in [4.78, 5) is 32.0. The van der Waals surface area contributed by atoms with Gasteiger partial charge >= 0.3 is 0 Å². The van der Waals surface area contributed by atoms with Gasteiger partial charge in [-0.1, -0.05) is 0 Å². The molecule has 0 radical (unpaired) electrons. The Kier molecular flexibility index (Phi) is 4.11. The molecule has 0 aliphatic heterocycles. The minimum Gasteiger partial charge on any atom is -0.481 e. The molecule has 24 heavy (non-hydrogen) atoms. The van der Waals surface area contributed by atoms with Crippen LogP contribution in [0.4, 0.5) is 0 Å². The number of H-pyrrole nitrogens is 1. The van der Waals surface area contributed by atoms with E-state index in [4.69, 9.17) is 4.74 Å². The molecule has 3 aromatic rings. The summed E-state index contributed by atoms with van der Waals surface area (Å²) in [5.41, 5.74) is 1.35. The van der Waals surface area contributed by atoms with E-state index in [0.717, 1.165) is 0 Å². The summed E-state index contributed by atoms with van der Waals surface area (Å²) in [7, 11) is 3.05. The molecule has 1 amide bonds. The fourth-order valence-electron chi connectivity index (χ4n) is 2.26. The van der Waals surface area contributed by atoms with E-state index in [0.29, 0.717) is 28.5 Å². The van der Waals surface area contributed by atoms with Gasteiger partial charge in [0.15, 0.2) is 5.82 Å². The molecule has 0 saturated heterocycles. The quantitative estimate of drug-likeness (QED) is 0.745. The van der Waals surface area contributed by atoms with Crippen LogP contribution in [0.25, 0.3) is 17.1 Å². The largest absolute Gasteiger partial charge is 0.481 e. The van der Waals surface area contributed by atoms with Crippen LogP contribution < -0.4 is 15.6 Å². The molecule has 8 nitrogen and oxygen atoms in total. The predicted octanol–water partition coefficient (Wildman–Crippen LogP) is 0.991. The Morgan fingerprint density at radius 2 is 2.12 bits per heavy atom. The zero-order valence-corrected chi connectivity index (χ0v) is 13.1. The minimum atomic E-state index is -0.281. The molecule has 0 aliphatic rings. The number of carbonyl (C=O) groups is 1. The Morgan fingerprint density at radius 3 is 2.79 bits per heavy atom. The Bertz CT molecular complexity index is 927. The van der Waals surface area contributed by atoms with Crippen LogP contribution in [0.1, 0.15) is 10.4 Å². The number of hydrogen-bond acceptors (Lipinski definition) is 5. The maximum Gasteiger partial charge on any atom is 0.273 e. The van der Waals surface area contributed by atoms with Crippen LogP contribution in [0.3, 0.4) is 0 Å². The van der Waals surface area contributed by atoms with Gasteiger partial charge < -0.3 is 10.1 Å². The van der Waals surface area contributed by atoms with Gasteiger partial charge in [0.25, 0.3) is 11.5 Å². The summed E-state index contributed by atoms with van der Waals surface area (Å²) < 4.78 is 6.49. The van der Waals surface area contributed by atoms with Crippen LogP contribution >= 0.6 is 0 Å². The number of aromatic amines is 1. The van der Waals surface area contributed by atoms with Gasteiger partial charge in [-0.25, -0.2) is 14.6 Å². The molecular formula is C16H15N5O3. The standard InChI is InChI=1S/C16H15N5O3/c1-17-15(23)10-5-6-13(19-9-10)21-14(22)8-12(20-21)11-4-3-7-18-16(11)24-2/h3-9,20H,1-2H3,(H,17,23). The van der Waals surface area contributed by atoms with E-state index in [1.54, 1.807) is 37.5 Å². The number of carbonyl (C=O) groups excluding carboxylic acids is 1. The van der Waals surface area contributed by atoms with E-state index in [2.05, 4.69) is 20.4 Å². The highest BCUT2D eigenvalue weighted by atomic mass is 16.5. The van der Waals surface area contributed by atoms with Crippen LogP contribution in [0.5, 0.6) is 5.88 Å². The van der Waals surface area contributed by atoms with Gasteiger partial charge in [0, 0.05) is 25.5 Å². The fraction of sp³-hybridized carbons (Fsp3) is 0.125. The molecule has 0 atom stereocenters. The average molecular weight is 325 g/mol. The van der Waals surface area contributed by atoms with Crippen molar-refractivity contribution in [1.29, 1.82) is 0 Å². The Balaban J connectivity index is 2.00. The number of aromatic nitrogens is 4. The molecule has 0 saturated carbocycles. The maximum absolute atomic E-state index is 12.2. The summed E-state index contributed by atoms with van der Waals surface area (Å²) >= 11 is 0. The van der Waals surface area contributed by atoms with Crippen molar-refractivity contribution in [3.8, 4) is 23.0 Å². The van der Waals surface area contributed by atoms with Gasteiger partial charge in [0.05, 0.1) is 23.9 Å². The molecule has 2 N–H and O–H groups in total. The van der Waals surface area contributed by atoms with E-state index < -0.39 is 0 Å². The minimum absolute atomic E-state index is 0.242. The average Bonchev–Trinajstić information content (AvgIpc) is 3.02. The molecule has 8 heteroatoms. The van der Waals surface area contributed by atoms with Gasteiger partial charge in [-0.2, -0.15) is 0 Å². The van der Waals surface area contributed by atoms with Crippen molar-refractivity contribution in [2.75, 3.05) is 14.2 Å². The summed E-state index contributed by atoms with van der Waals surface area (Å²) in [6, 6.07) is 8.17. The zero-order chi connectivity index (χ0) is 17.1. The van der Waals surface area contributed by atoms with Crippen molar-refractivity contribution in [2.24, 2.45) is 0 Å². The van der Waals surface area contributed by atoms with Crippen LogP contribution in [-0.2, 0) is 0 Å². The van der Waals surface area contributed by atoms with Gasteiger partial charge in [-0.3, -0.25) is 14.7 Å². The second-order valence-electron chi connectivity index (χ2n) is 4.89. The van der Waals surface area contributed by atoms with E-state index >= 15 is 0 Å². The van der Waals surface area contributed by atoms with E-state index in [-0.39, 0.29) is 11.5 Å². The van der Waals surface area contributed by atoms with Crippen molar-refractivity contribution < 1.29 is 9.53 Å². The normalized spacial score (nSPS) is 10.4. The summed E-state index contributed by atoms with van der Waals surface area (Å²) in [6.45, 7) is 0. The number of amides is 1. The number of nitrogens with zero attached hydrogens (tertiary/aromatic N) is 3. The SMILES string of the molecule is CNC(=O)c1ccc(-n2[nH]c(-c3cccnc3OC)cc2=O)nc1. The zero-order valence-electron chi connectivity index (χ0n) is 13.1. The highest BCUT2D eigenvalue weighted by Gasteiger charge is 2.13. The first kappa shape index (κ1) is 15.5. The van der Waals surface area contributed by atoms with Crippen molar-refractivity contribution in [3.05, 3.63) is 58.6 Å². The van der Waals surface area contributed by atoms with Crippen molar-refractivity contribution >= 4 is 5.91 Å². The summed E-state index contributed by atoms with van der Waals surface area (Å²) in [6.07, 6.45) is 3.02. The molecule has 122 valence electrons. The van der Waals surface area contributed by atoms with Crippen LogP contribution in [-0.4, -0.2) is 39.8 Å². The maximum atomic E-state index is 12.2. The van der Waals surface area contributed by atoms with Gasteiger partial charge in [0.2, 0.25) is 5.88 Å². The number of nitrogens with one attached hydrogen (secondary N) is 2. The lowest BCUT2D eigenvalue weighted by molar-refractivity contribution is 0.0962. The van der Waals surface area contributed by atoms with Crippen molar-refractivity contribution in [2.45, 2.75) is 0 Å². The number of rotatable bonds is 4.